The van der Waals surface area contributed by atoms with Gasteiger partial charge in [-0.25, -0.2) is 0 Å². The number of hydrogen-bond donors (Lipinski definition) is 1. The maximum absolute atomic E-state index is 10.2. The van der Waals surface area contributed by atoms with Crippen LogP contribution in [0.4, 0.5) is 0 Å². The number of hydrogen-bond acceptors (Lipinski definition) is 2. The third kappa shape index (κ3) is 3.56. The summed E-state index contributed by atoms with van der Waals surface area (Å²) in [5.74, 6) is 0. The molecule has 2 nitrogen and oxygen atoms in total. The van der Waals surface area contributed by atoms with Gasteiger partial charge in [0.15, 0.2) is 0 Å². The molecule has 0 saturated carbocycles. The molecule has 1 heterocycles. The number of piperidine rings is 1. The summed E-state index contributed by atoms with van der Waals surface area (Å²) in [4.78, 5) is 2.57. The van der Waals surface area contributed by atoms with Crippen LogP contribution in [0, 0.1) is 0 Å². The fourth-order valence-corrected chi connectivity index (χ4v) is 2.95. The Morgan fingerprint density at radius 3 is 2.78 bits per heavy atom. The molecule has 2 heteroatoms. The summed E-state index contributed by atoms with van der Waals surface area (Å²) in [5.41, 5.74) is 1.04. The molecule has 0 amide bonds. The third-order valence-electron chi connectivity index (χ3n) is 4.09. The van der Waals surface area contributed by atoms with Gasteiger partial charge in [-0.1, -0.05) is 43.7 Å². The molecule has 1 aromatic rings. The monoisotopic (exact) mass is 247 g/mol. The average Bonchev–Trinajstić information content (AvgIpc) is 2.46. The highest BCUT2D eigenvalue weighted by Crippen LogP contribution is 2.22. The zero-order chi connectivity index (χ0) is 12.8. The van der Waals surface area contributed by atoms with Gasteiger partial charge in [-0.05, 0) is 37.8 Å². The van der Waals surface area contributed by atoms with E-state index in [4.69, 9.17) is 0 Å². The molecule has 2 unspecified atom stereocenters. The predicted molar refractivity (Wildman–Crippen MR) is 75.5 cm³/mol. The first-order valence-corrected chi connectivity index (χ1v) is 7.28. The van der Waals surface area contributed by atoms with Gasteiger partial charge in [0.2, 0.25) is 0 Å². The van der Waals surface area contributed by atoms with Crippen molar-refractivity contribution >= 4 is 0 Å². The Hall–Kier alpha value is -0.860. The van der Waals surface area contributed by atoms with E-state index in [1.807, 2.05) is 30.3 Å². The number of nitrogens with zero attached hydrogens (tertiary/aromatic N) is 1. The molecular weight excluding hydrogens is 222 g/mol. The Bertz CT molecular complexity index is 338. The predicted octanol–water partition coefficient (Wildman–Crippen LogP) is 3.37. The van der Waals surface area contributed by atoms with Crippen molar-refractivity contribution in [1.29, 1.82) is 0 Å². The number of aliphatic hydroxyl groups excluding tert-OH is 1. The van der Waals surface area contributed by atoms with Gasteiger partial charge in [0.25, 0.3) is 0 Å². The molecule has 0 spiro atoms. The molecule has 1 N–H and O–H groups in total. The lowest BCUT2D eigenvalue weighted by molar-refractivity contribution is 0.101. The van der Waals surface area contributed by atoms with Crippen molar-refractivity contribution in [2.45, 2.75) is 51.2 Å². The van der Waals surface area contributed by atoms with Crippen molar-refractivity contribution in [3.8, 4) is 0 Å². The molecule has 18 heavy (non-hydrogen) atoms. The van der Waals surface area contributed by atoms with Crippen LogP contribution in [0.5, 0.6) is 0 Å². The smallest absolute Gasteiger partial charge is 0.0802 e. The van der Waals surface area contributed by atoms with Crippen LogP contribution in [-0.2, 0) is 0 Å². The van der Waals surface area contributed by atoms with Crippen molar-refractivity contribution < 1.29 is 5.11 Å². The number of likely N-dealkylation sites (tertiary alicyclic amines) is 1. The SMILES string of the molecule is CCC1CCCCN1CCC(O)c1ccccc1. The fourth-order valence-electron chi connectivity index (χ4n) is 2.95. The summed E-state index contributed by atoms with van der Waals surface area (Å²) in [5, 5.41) is 10.2. The highest BCUT2D eigenvalue weighted by molar-refractivity contribution is 5.17. The molecule has 0 bridgehead atoms. The van der Waals surface area contributed by atoms with E-state index in [9.17, 15) is 5.11 Å². The maximum atomic E-state index is 10.2. The fraction of sp³-hybridized carbons (Fsp3) is 0.625. The summed E-state index contributed by atoms with van der Waals surface area (Å²) in [6.45, 7) is 4.51. The lowest BCUT2D eigenvalue weighted by atomic mass is 9.99. The van der Waals surface area contributed by atoms with E-state index in [1.165, 1.54) is 32.2 Å². The standard InChI is InChI=1S/C16H25NO/c1-2-15-10-6-7-12-17(15)13-11-16(18)14-8-4-3-5-9-14/h3-5,8-9,15-16,18H,2,6-7,10-13H2,1H3. The molecule has 0 radical (unpaired) electrons. The van der Waals surface area contributed by atoms with Crippen LogP contribution in [0.2, 0.25) is 0 Å². The van der Waals surface area contributed by atoms with Crippen molar-refractivity contribution in [2.75, 3.05) is 13.1 Å². The molecule has 0 aromatic heterocycles. The Morgan fingerprint density at radius 2 is 2.06 bits per heavy atom. The van der Waals surface area contributed by atoms with Gasteiger partial charge < -0.3 is 10.0 Å². The van der Waals surface area contributed by atoms with Gasteiger partial charge in [-0.2, -0.15) is 0 Å². The van der Waals surface area contributed by atoms with Gasteiger partial charge in [0, 0.05) is 12.6 Å². The van der Waals surface area contributed by atoms with Gasteiger partial charge in [0.05, 0.1) is 6.10 Å². The van der Waals surface area contributed by atoms with Crippen LogP contribution in [0.25, 0.3) is 0 Å². The van der Waals surface area contributed by atoms with Crippen LogP contribution in [0.1, 0.15) is 50.7 Å². The molecule has 1 aliphatic rings. The second kappa shape index (κ2) is 6.91. The zero-order valence-corrected chi connectivity index (χ0v) is 11.4. The Balaban J connectivity index is 1.83. The largest absolute Gasteiger partial charge is 0.388 e. The van der Waals surface area contributed by atoms with Gasteiger partial charge in [-0.15, -0.1) is 0 Å². The van der Waals surface area contributed by atoms with E-state index >= 15 is 0 Å². The highest BCUT2D eigenvalue weighted by atomic mass is 16.3. The topological polar surface area (TPSA) is 23.5 Å². The lowest BCUT2D eigenvalue weighted by Gasteiger charge is -2.35. The number of aliphatic hydroxyl groups is 1. The maximum Gasteiger partial charge on any atom is 0.0802 e. The summed E-state index contributed by atoms with van der Waals surface area (Å²) in [6, 6.07) is 10.7. The molecule has 1 saturated heterocycles. The van der Waals surface area contributed by atoms with Crippen LogP contribution in [0.15, 0.2) is 30.3 Å². The van der Waals surface area contributed by atoms with E-state index in [0.29, 0.717) is 0 Å². The van der Waals surface area contributed by atoms with Crippen molar-refractivity contribution in [3.63, 3.8) is 0 Å². The summed E-state index contributed by atoms with van der Waals surface area (Å²) < 4.78 is 0. The van der Waals surface area contributed by atoms with E-state index in [2.05, 4.69) is 11.8 Å². The Kier molecular flexibility index (Phi) is 5.21. The molecule has 0 aliphatic carbocycles. The number of rotatable bonds is 5. The molecule has 100 valence electrons. The van der Waals surface area contributed by atoms with Gasteiger partial charge in [-0.3, -0.25) is 0 Å². The minimum Gasteiger partial charge on any atom is -0.388 e. The normalized spacial score (nSPS) is 22.9. The Labute approximate surface area is 111 Å². The second-order valence-corrected chi connectivity index (χ2v) is 5.31. The van der Waals surface area contributed by atoms with Crippen LogP contribution in [0.3, 0.4) is 0 Å². The van der Waals surface area contributed by atoms with Crippen molar-refractivity contribution in [2.24, 2.45) is 0 Å². The van der Waals surface area contributed by atoms with E-state index in [1.54, 1.807) is 0 Å². The molecule has 1 fully saturated rings. The quantitative estimate of drug-likeness (QED) is 0.862. The van der Waals surface area contributed by atoms with E-state index in [-0.39, 0.29) is 6.10 Å². The van der Waals surface area contributed by atoms with Gasteiger partial charge in [0.1, 0.15) is 0 Å². The van der Waals surface area contributed by atoms with Crippen LogP contribution < -0.4 is 0 Å². The van der Waals surface area contributed by atoms with Crippen LogP contribution >= 0.6 is 0 Å². The van der Waals surface area contributed by atoms with Crippen LogP contribution in [-0.4, -0.2) is 29.1 Å². The average molecular weight is 247 g/mol. The van der Waals surface area contributed by atoms with Crippen molar-refractivity contribution in [1.82, 2.24) is 4.90 Å². The molecule has 2 rings (SSSR count). The molecule has 1 aromatic carbocycles. The number of benzene rings is 1. The third-order valence-corrected chi connectivity index (χ3v) is 4.09. The second-order valence-electron chi connectivity index (χ2n) is 5.31. The van der Waals surface area contributed by atoms with Crippen molar-refractivity contribution in [3.05, 3.63) is 35.9 Å². The first-order chi connectivity index (χ1) is 8.81. The van der Waals surface area contributed by atoms with E-state index < -0.39 is 0 Å². The Morgan fingerprint density at radius 1 is 1.28 bits per heavy atom. The highest BCUT2D eigenvalue weighted by Gasteiger charge is 2.21. The molecular formula is C16H25NO. The first kappa shape index (κ1) is 13.6. The summed E-state index contributed by atoms with van der Waals surface area (Å²) in [7, 11) is 0. The van der Waals surface area contributed by atoms with Gasteiger partial charge >= 0.3 is 0 Å². The summed E-state index contributed by atoms with van der Waals surface area (Å²) >= 11 is 0. The zero-order valence-electron chi connectivity index (χ0n) is 11.4. The minimum absolute atomic E-state index is 0.314. The minimum atomic E-state index is -0.314. The summed E-state index contributed by atoms with van der Waals surface area (Å²) in [6.07, 6.45) is 5.79. The lowest BCUT2D eigenvalue weighted by Crippen LogP contribution is -2.40. The van der Waals surface area contributed by atoms with E-state index in [0.717, 1.165) is 24.6 Å². The molecule has 1 aliphatic heterocycles. The first-order valence-electron chi connectivity index (χ1n) is 7.28. The molecule has 2 atom stereocenters.